The second kappa shape index (κ2) is 9.03. The number of carbonyl (C=O) groups is 1. The van der Waals surface area contributed by atoms with Crippen molar-refractivity contribution in [2.75, 3.05) is 0 Å². The lowest BCUT2D eigenvalue weighted by molar-refractivity contribution is -0.207. The van der Waals surface area contributed by atoms with Crippen LogP contribution in [0.25, 0.3) is 0 Å². The fourth-order valence-electron chi connectivity index (χ4n) is 9.89. The smallest absolute Gasteiger partial charge is 0.220 e. The lowest BCUT2D eigenvalue weighted by atomic mass is 9.43. The van der Waals surface area contributed by atoms with Crippen molar-refractivity contribution in [1.29, 1.82) is 0 Å². The predicted octanol–water partition coefficient (Wildman–Crippen LogP) is 4.28. The van der Waals surface area contributed by atoms with Gasteiger partial charge in [0, 0.05) is 12.5 Å². The van der Waals surface area contributed by atoms with Gasteiger partial charge in [0.15, 0.2) is 0 Å². The molecule has 5 nitrogen and oxygen atoms in total. The van der Waals surface area contributed by atoms with Crippen LogP contribution >= 0.6 is 0 Å². The van der Waals surface area contributed by atoms with Crippen molar-refractivity contribution in [3.05, 3.63) is 0 Å². The Hall–Kier alpha value is -0.650. The Morgan fingerprint density at radius 3 is 2.38 bits per heavy atom. The molecular formula is C29H49NO4. The fourth-order valence-corrected chi connectivity index (χ4v) is 9.89. The minimum atomic E-state index is -0.341. The van der Waals surface area contributed by atoms with E-state index in [-0.39, 0.29) is 47.0 Å². The van der Waals surface area contributed by atoms with Gasteiger partial charge in [-0.25, -0.2) is 0 Å². The monoisotopic (exact) mass is 475 g/mol. The molecule has 11 atom stereocenters. The van der Waals surface area contributed by atoms with Gasteiger partial charge in [-0.15, -0.1) is 0 Å². The van der Waals surface area contributed by atoms with Gasteiger partial charge >= 0.3 is 0 Å². The first-order valence-corrected chi connectivity index (χ1v) is 14.4. The van der Waals surface area contributed by atoms with Gasteiger partial charge in [0.1, 0.15) is 0 Å². The van der Waals surface area contributed by atoms with Gasteiger partial charge in [0.05, 0.1) is 18.3 Å². The third-order valence-corrected chi connectivity index (χ3v) is 11.7. The third-order valence-electron chi connectivity index (χ3n) is 11.7. The van der Waals surface area contributed by atoms with Crippen molar-refractivity contribution >= 4 is 5.91 Å². The summed E-state index contributed by atoms with van der Waals surface area (Å²) in [6.45, 7) is 8.77. The highest BCUT2D eigenvalue weighted by atomic mass is 16.3. The number of aliphatic hydroxyl groups is 3. The van der Waals surface area contributed by atoms with Crippen LogP contribution in [0.2, 0.25) is 0 Å². The molecule has 5 heteroatoms. The second-order valence-corrected chi connectivity index (χ2v) is 13.8. The Morgan fingerprint density at radius 1 is 0.971 bits per heavy atom. The highest BCUT2D eigenvalue weighted by molar-refractivity contribution is 5.76. The van der Waals surface area contributed by atoms with E-state index in [1.165, 1.54) is 12.8 Å². The van der Waals surface area contributed by atoms with Gasteiger partial charge < -0.3 is 20.6 Å². The van der Waals surface area contributed by atoms with E-state index in [2.05, 4.69) is 19.2 Å². The highest BCUT2D eigenvalue weighted by Crippen LogP contribution is 2.69. The standard InChI is InChI=1S/C29H49NO4/c1-16(2)30-26(34)10-7-20(17-5-6-17)21-8-9-22-27-23(15-25(33)29(21,22)4)28(3)12-11-19(31)13-18(28)14-24(27)32/h16-25,27,31-33H,5-15H2,1-4H3,(H,30,34)/t18?,19-,20+,21-,22?,23?,24-,25+,27?,28+,29-/m1/s1. The molecule has 5 saturated carbocycles. The van der Waals surface area contributed by atoms with Crippen LogP contribution < -0.4 is 5.32 Å². The Bertz CT molecular complexity index is 767. The summed E-state index contributed by atoms with van der Waals surface area (Å²) in [5.41, 5.74) is -0.0460. The zero-order valence-electron chi connectivity index (χ0n) is 21.9. The molecule has 0 aromatic heterocycles. The number of fused-ring (bicyclic) bond motifs is 5. The van der Waals surface area contributed by atoms with Gasteiger partial charge in [-0.2, -0.15) is 0 Å². The molecule has 0 spiro atoms. The average molecular weight is 476 g/mol. The number of amides is 1. The van der Waals surface area contributed by atoms with Crippen molar-refractivity contribution in [3.8, 4) is 0 Å². The first-order chi connectivity index (χ1) is 16.1. The average Bonchev–Trinajstić information content (AvgIpc) is 3.53. The van der Waals surface area contributed by atoms with Crippen molar-refractivity contribution in [1.82, 2.24) is 5.32 Å². The molecule has 4 unspecified atom stereocenters. The largest absolute Gasteiger partial charge is 0.393 e. The van der Waals surface area contributed by atoms with E-state index >= 15 is 0 Å². The summed E-state index contributed by atoms with van der Waals surface area (Å²) in [6.07, 6.45) is 9.65. The van der Waals surface area contributed by atoms with Crippen LogP contribution in [0.1, 0.15) is 98.3 Å². The lowest BCUT2D eigenvalue weighted by Crippen LogP contribution is -2.62. The summed E-state index contributed by atoms with van der Waals surface area (Å²) in [6, 6.07) is 0.177. The van der Waals surface area contributed by atoms with Gasteiger partial charge in [0.2, 0.25) is 5.91 Å². The van der Waals surface area contributed by atoms with E-state index < -0.39 is 0 Å². The first-order valence-electron chi connectivity index (χ1n) is 14.4. The summed E-state index contributed by atoms with van der Waals surface area (Å²) >= 11 is 0. The topological polar surface area (TPSA) is 89.8 Å². The second-order valence-electron chi connectivity index (χ2n) is 13.8. The van der Waals surface area contributed by atoms with Crippen molar-refractivity contribution in [2.24, 2.45) is 52.3 Å². The van der Waals surface area contributed by atoms with Gasteiger partial charge in [-0.3, -0.25) is 4.79 Å². The maximum atomic E-state index is 12.5. The molecule has 0 aromatic rings. The van der Waals surface area contributed by atoms with Crippen LogP contribution in [0, 0.1) is 52.3 Å². The Balaban J connectivity index is 1.38. The van der Waals surface area contributed by atoms with E-state index in [0.717, 1.165) is 51.4 Å². The molecule has 0 aromatic carbocycles. The summed E-state index contributed by atoms with van der Waals surface area (Å²) < 4.78 is 0. The highest BCUT2D eigenvalue weighted by Gasteiger charge is 2.66. The molecule has 34 heavy (non-hydrogen) atoms. The minimum Gasteiger partial charge on any atom is -0.393 e. The molecule has 5 rings (SSSR count). The molecule has 0 saturated heterocycles. The molecule has 5 aliphatic rings. The van der Waals surface area contributed by atoms with Gasteiger partial charge in [-0.05, 0) is 130 Å². The summed E-state index contributed by atoms with van der Waals surface area (Å²) in [5, 5.41) is 36.7. The van der Waals surface area contributed by atoms with Crippen LogP contribution in [0.4, 0.5) is 0 Å². The van der Waals surface area contributed by atoms with E-state index in [4.69, 9.17) is 0 Å². The number of hydrogen-bond acceptors (Lipinski definition) is 4. The molecular weight excluding hydrogens is 426 g/mol. The Kier molecular flexibility index (Phi) is 6.64. The SMILES string of the molecule is CC(C)NC(=O)CC[C@@H](C1CC1)[C@H]1CCC2C3C(C[C@H](O)[C@@]21C)[C@@]1(C)CC[C@@H](O)CC1C[C@H]3O. The number of hydrogen-bond donors (Lipinski definition) is 4. The third kappa shape index (κ3) is 4.06. The van der Waals surface area contributed by atoms with Gasteiger partial charge in [-0.1, -0.05) is 13.8 Å². The van der Waals surface area contributed by atoms with Crippen molar-refractivity contribution in [2.45, 2.75) is 123 Å². The quantitative estimate of drug-likeness (QED) is 0.462. The minimum absolute atomic E-state index is 0.119. The zero-order chi connectivity index (χ0) is 24.4. The zero-order valence-corrected chi connectivity index (χ0v) is 21.9. The predicted molar refractivity (Wildman–Crippen MR) is 133 cm³/mol. The van der Waals surface area contributed by atoms with Crippen LogP contribution in [0.15, 0.2) is 0 Å². The molecule has 0 bridgehead atoms. The molecule has 194 valence electrons. The maximum Gasteiger partial charge on any atom is 0.220 e. The molecule has 0 radical (unpaired) electrons. The Labute approximate surface area is 206 Å². The first kappa shape index (κ1) is 25.0. The van der Waals surface area contributed by atoms with Crippen LogP contribution in [-0.4, -0.2) is 45.6 Å². The normalized spacial score (nSPS) is 49.2. The molecule has 1 amide bonds. The van der Waals surface area contributed by atoms with Crippen molar-refractivity contribution < 1.29 is 20.1 Å². The summed E-state index contributed by atoms with van der Waals surface area (Å²) in [4.78, 5) is 12.5. The number of aliphatic hydroxyl groups excluding tert-OH is 3. The molecule has 5 fully saturated rings. The number of rotatable bonds is 6. The van der Waals surface area contributed by atoms with Gasteiger partial charge in [0.25, 0.3) is 0 Å². The molecule has 0 aliphatic heterocycles. The maximum absolute atomic E-state index is 12.5. The lowest BCUT2D eigenvalue weighted by Gasteiger charge is -2.63. The summed E-state index contributed by atoms with van der Waals surface area (Å²) in [7, 11) is 0. The van der Waals surface area contributed by atoms with E-state index in [1.54, 1.807) is 0 Å². The van der Waals surface area contributed by atoms with Crippen LogP contribution in [-0.2, 0) is 4.79 Å². The summed E-state index contributed by atoms with van der Waals surface area (Å²) in [5.74, 6) is 3.14. The van der Waals surface area contributed by atoms with E-state index in [9.17, 15) is 20.1 Å². The van der Waals surface area contributed by atoms with Crippen molar-refractivity contribution in [3.63, 3.8) is 0 Å². The number of carbonyl (C=O) groups excluding carboxylic acids is 1. The fraction of sp³-hybridized carbons (Fsp3) is 0.966. The van der Waals surface area contributed by atoms with Crippen LogP contribution in [0.5, 0.6) is 0 Å². The van der Waals surface area contributed by atoms with E-state index in [0.29, 0.717) is 41.9 Å². The molecule has 4 N–H and O–H groups in total. The molecule has 0 heterocycles. The number of nitrogens with one attached hydrogen (secondary N) is 1. The Morgan fingerprint density at radius 2 is 1.71 bits per heavy atom. The molecule has 5 aliphatic carbocycles. The van der Waals surface area contributed by atoms with E-state index in [1.807, 2.05) is 13.8 Å². The van der Waals surface area contributed by atoms with Crippen LogP contribution in [0.3, 0.4) is 0 Å².